The Kier molecular flexibility index (Phi) is 4.41. The van der Waals surface area contributed by atoms with Gasteiger partial charge in [0.15, 0.2) is 0 Å². The third-order valence-corrected chi connectivity index (χ3v) is 1.68. The fraction of sp³-hybridized carbons (Fsp3) is 0.800. The van der Waals surface area contributed by atoms with E-state index < -0.39 is 19.7 Å². The van der Waals surface area contributed by atoms with Crippen LogP contribution in [-0.2, 0) is 18.9 Å². The topological polar surface area (TPSA) is 93.1 Å². The van der Waals surface area contributed by atoms with Crippen LogP contribution in [0, 0.1) is 0 Å². The number of hydrogen-bond donors (Lipinski definition) is 2. The van der Waals surface area contributed by atoms with Crippen molar-refractivity contribution in [1.29, 1.82) is 0 Å². The lowest BCUT2D eigenvalue weighted by atomic mass is 10.5. The van der Waals surface area contributed by atoms with Crippen molar-refractivity contribution in [2.24, 2.45) is 0 Å². The van der Waals surface area contributed by atoms with Crippen molar-refractivity contribution >= 4 is 13.6 Å². The highest BCUT2D eigenvalue weighted by Crippen LogP contribution is 2.41. The molecule has 0 aliphatic carbocycles. The minimum absolute atomic E-state index is 0.390. The standard InChI is InChI=1S/C5H11O6P/c1-4(2)10-11-12(8,9)3-5(6)7/h4H,3H2,1-2H3,(H,6,7)(H,8,9). The predicted molar refractivity (Wildman–Crippen MR) is 39.6 cm³/mol. The van der Waals surface area contributed by atoms with Gasteiger partial charge in [0, 0.05) is 0 Å². The van der Waals surface area contributed by atoms with Crippen LogP contribution in [0.1, 0.15) is 13.8 Å². The first-order valence-electron chi connectivity index (χ1n) is 3.22. The van der Waals surface area contributed by atoms with Crippen LogP contribution in [0.4, 0.5) is 0 Å². The summed E-state index contributed by atoms with van der Waals surface area (Å²) in [7, 11) is -4.12. The molecule has 0 heterocycles. The van der Waals surface area contributed by atoms with Gasteiger partial charge >= 0.3 is 13.6 Å². The zero-order valence-corrected chi connectivity index (χ0v) is 7.65. The molecule has 0 aromatic carbocycles. The van der Waals surface area contributed by atoms with E-state index in [2.05, 4.69) is 9.56 Å². The van der Waals surface area contributed by atoms with Gasteiger partial charge in [0.05, 0.1) is 6.10 Å². The Hall–Kier alpha value is -0.420. The summed E-state index contributed by atoms with van der Waals surface area (Å²) in [6.07, 6.45) is -1.35. The molecule has 6 nitrogen and oxygen atoms in total. The van der Waals surface area contributed by atoms with E-state index in [9.17, 15) is 9.36 Å². The molecule has 0 radical (unpaired) electrons. The first-order valence-corrected chi connectivity index (χ1v) is 4.98. The molecular weight excluding hydrogens is 187 g/mol. The van der Waals surface area contributed by atoms with Crippen LogP contribution in [0.3, 0.4) is 0 Å². The van der Waals surface area contributed by atoms with E-state index in [4.69, 9.17) is 10.00 Å². The summed E-state index contributed by atoms with van der Waals surface area (Å²) in [5, 5.41) is 8.15. The third kappa shape index (κ3) is 6.30. The predicted octanol–water partition coefficient (Wildman–Crippen LogP) is 0.613. The van der Waals surface area contributed by atoms with E-state index in [-0.39, 0.29) is 6.10 Å². The van der Waals surface area contributed by atoms with Gasteiger partial charge in [0.1, 0.15) is 6.16 Å². The Morgan fingerprint density at radius 1 is 1.58 bits per heavy atom. The van der Waals surface area contributed by atoms with Crippen molar-refractivity contribution in [3.63, 3.8) is 0 Å². The van der Waals surface area contributed by atoms with Gasteiger partial charge in [0.25, 0.3) is 0 Å². The summed E-state index contributed by atoms with van der Waals surface area (Å²) < 4.78 is 14.8. The molecule has 0 bridgehead atoms. The molecule has 0 aromatic heterocycles. The van der Waals surface area contributed by atoms with Crippen LogP contribution in [0.2, 0.25) is 0 Å². The summed E-state index contributed by atoms with van der Waals surface area (Å²) in [5.41, 5.74) is 0. The molecule has 0 aromatic rings. The van der Waals surface area contributed by atoms with Crippen molar-refractivity contribution in [3.8, 4) is 0 Å². The summed E-state index contributed by atoms with van der Waals surface area (Å²) in [6, 6.07) is 0. The summed E-state index contributed by atoms with van der Waals surface area (Å²) in [4.78, 5) is 23.1. The fourth-order valence-corrected chi connectivity index (χ4v) is 1.05. The molecule has 0 saturated carbocycles. The van der Waals surface area contributed by atoms with Crippen LogP contribution >= 0.6 is 7.60 Å². The minimum Gasteiger partial charge on any atom is -0.481 e. The monoisotopic (exact) mass is 198 g/mol. The second-order valence-electron chi connectivity index (χ2n) is 2.41. The molecular formula is C5H11O6P. The zero-order chi connectivity index (χ0) is 9.78. The molecule has 0 aliphatic rings. The van der Waals surface area contributed by atoms with E-state index in [0.29, 0.717) is 0 Å². The molecule has 0 spiro atoms. The number of carboxylic acid groups (broad SMARTS) is 1. The van der Waals surface area contributed by atoms with Gasteiger partial charge in [-0.15, -0.1) is 4.67 Å². The van der Waals surface area contributed by atoms with E-state index in [0.717, 1.165) is 0 Å². The highest BCUT2D eigenvalue weighted by atomic mass is 31.2. The van der Waals surface area contributed by atoms with Crippen molar-refractivity contribution in [1.82, 2.24) is 0 Å². The van der Waals surface area contributed by atoms with Crippen LogP contribution in [0.5, 0.6) is 0 Å². The van der Waals surface area contributed by atoms with E-state index in [1.807, 2.05) is 0 Å². The molecule has 0 amide bonds. The van der Waals surface area contributed by atoms with Crippen molar-refractivity contribution < 1.29 is 28.9 Å². The quantitative estimate of drug-likeness (QED) is 0.382. The van der Waals surface area contributed by atoms with Gasteiger partial charge < -0.3 is 10.00 Å². The maximum atomic E-state index is 10.8. The number of carboxylic acids is 1. The molecule has 0 saturated heterocycles. The summed E-state index contributed by atoms with van der Waals surface area (Å²) >= 11 is 0. The second kappa shape index (κ2) is 4.57. The number of carbonyl (C=O) groups is 1. The van der Waals surface area contributed by atoms with Crippen LogP contribution in [0.15, 0.2) is 0 Å². The molecule has 12 heavy (non-hydrogen) atoms. The molecule has 1 atom stereocenters. The van der Waals surface area contributed by atoms with E-state index >= 15 is 0 Å². The van der Waals surface area contributed by atoms with Gasteiger partial charge in [-0.2, -0.15) is 0 Å². The van der Waals surface area contributed by atoms with E-state index in [1.54, 1.807) is 13.8 Å². The normalized spacial score (nSPS) is 16.0. The lowest BCUT2D eigenvalue weighted by Gasteiger charge is -2.10. The largest absolute Gasteiger partial charge is 0.481 e. The Morgan fingerprint density at radius 3 is 2.42 bits per heavy atom. The Morgan fingerprint density at radius 2 is 2.08 bits per heavy atom. The Balaban J connectivity index is 3.88. The molecule has 2 N–H and O–H groups in total. The second-order valence-corrected chi connectivity index (χ2v) is 4.15. The highest BCUT2D eigenvalue weighted by Gasteiger charge is 2.25. The SMILES string of the molecule is CC(C)OOP(=O)(O)CC(=O)O. The number of hydrogen-bond acceptors (Lipinski definition) is 4. The third-order valence-electron chi connectivity index (χ3n) is 0.687. The zero-order valence-electron chi connectivity index (χ0n) is 6.76. The molecule has 0 aliphatic heterocycles. The molecule has 0 rings (SSSR count). The average molecular weight is 198 g/mol. The van der Waals surface area contributed by atoms with Crippen LogP contribution in [-0.4, -0.2) is 28.2 Å². The maximum absolute atomic E-state index is 10.8. The average Bonchev–Trinajstić information content (AvgIpc) is 1.81. The highest BCUT2D eigenvalue weighted by molar-refractivity contribution is 7.53. The summed E-state index contributed by atoms with van der Waals surface area (Å²) in [5.74, 6) is -1.41. The van der Waals surface area contributed by atoms with Crippen LogP contribution < -0.4 is 0 Å². The minimum atomic E-state index is -4.12. The Bertz CT molecular complexity index is 200. The first-order chi connectivity index (χ1) is 5.33. The van der Waals surface area contributed by atoms with Crippen LogP contribution in [0.25, 0.3) is 0 Å². The van der Waals surface area contributed by atoms with Crippen molar-refractivity contribution in [2.75, 3.05) is 6.16 Å². The van der Waals surface area contributed by atoms with Crippen molar-refractivity contribution in [3.05, 3.63) is 0 Å². The van der Waals surface area contributed by atoms with E-state index in [1.165, 1.54) is 0 Å². The Labute approximate surface area is 69.6 Å². The van der Waals surface area contributed by atoms with Gasteiger partial charge in [-0.1, -0.05) is 0 Å². The lowest BCUT2D eigenvalue weighted by molar-refractivity contribution is -0.240. The summed E-state index contributed by atoms with van der Waals surface area (Å²) in [6.45, 7) is 3.17. The molecule has 72 valence electrons. The first kappa shape index (κ1) is 11.6. The fourth-order valence-electron chi connectivity index (χ4n) is 0.351. The van der Waals surface area contributed by atoms with Gasteiger partial charge in [0.2, 0.25) is 0 Å². The molecule has 0 fully saturated rings. The lowest BCUT2D eigenvalue weighted by Crippen LogP contribution is -2.08. The van der Waals surface area contributed by atoms with Gasteiger partial charge in [-0.05, 0) is 13.8 Å². The van der Waals surface area contributed by atoms with Gasteiger partial charge in [-0.3, -0.25) is 9.36 Å². The maximum Gasteiger partial charge on any atom is 0.366 e. The number of aliphatic carboxylic acids is 1. The smallest absolute Gasteiger partial charge is 0.366 e. The molecule has 1 unspecified atom stereocenters. The molecule has 7 heteroatoms. The van der Waals surface area contributed by atoms with Crippen molar-refractivity contribution in [2.45, 2.75) is 20.0 Å². The number of rotatable bonds is 5. The van der Waals surface area contributed by atoms with Gasteiger partial charge in [-0.25, -0.2) is 4.89 Å².